The van der Waals surface area contributed by atoms with E-state index in [-0.39, 0.29) is 17.2 Å². The zero-order chi connectivity index (χ0) is 35.1. The summed E-state index contributed by atoms with van der Waals surface area (Å²) >= 11 is 0. The lowest BCUT2D eigenvalue weighted by molar-refractivity contribution is -0.145. The third-order valence-electron chi connectivity index (χ3n) is 7.49. The Hall–Kier alpha value is -5.02. The third kappa shape index (κ3) is 12.0. The van der Waals surface area contributed by atoms with Crippen LogP contribution >= 0.6 is 0 Å². The standard InChI is InChI=1S/C31H38N6O6S.C2H4O2/c1-43-31(40)28(16-22-8-3-2-4-9-22)35-30(39)27(18-29(38)33-19-23-10-7-15-37(20-23)21-34-32)36-44(41,42)26-14-13-24-11-5-6-12-25(24)17-26;1-2(3)4/h2-6,8-9,11-14,17,21,23,27-28,36H,7,10,15-16,18-20,32H2,1H3,(H,33,38)(H,35,39);1H3,(H,3,4)/t23-,27-,28+;/m0./s1. The number of hydrogen-bond donors (Lipinski definition) is 5. The Morgan fingerprint density at radius 2 is 1.71 bits per heavy atom. The number of nitrogens with two attached hydrogens (primary N) is 1. The van der Waals surface area contributed by atoms with Crippen molar-refractivity contribution in [2.24, 2.45) is 16.9 Å². The number of rotatable bonds is 13. The van der Waals surface area contributed by atoms with Crippen LogP contribution in [0.3, 0.4) is 0 Å². The Balaban J connectivity index is 0.00000148. The van der Waals surface area contributed by atoms with Crippen LogP contribution in [-0.2, 0) is 40.4 Å². The summed E-state index contributed by atoms with van der Waals surface area (Å²) in [7, 11) is -3.05. The van der Waals surface area contributed by atoms with E-state index in [0.29, 0.717) is 18.5 Å². The number of carbonyl (C=O) groups is 4. The molecule has 3 atom stereocenters. The van der Waals surface area contributed by atoms with Gasteiger partial charge in [-0.1, -0.05) is 60.7 Å². The molecule has 1 heterocycles. The summed E-state index contributed by atoms with van der Waals surface area (Å²) in [6.07, 6.45) is 2.97. The number of carboxylic acid groups (broad SMARTS) is 1. The van der Waals surface area contributed by atoms with Gasteiger partial charge in [-0.15, -0.1) is 0 Å². The molecular weight excluding hydrogens is 640 g/mol. The molecule has 15 heteroatoms. The minimum absolute atomic E-state index is 0.0629. The smallest absolute Gasteiger partial charge is 0.328 e. The Morgan fingerprint density at radius 1 is 1.04 bits per heavy atom. The van der Waals surface area contributed by atoms with Crippen LogP contribution in [0.1, 0.15) is 31.7 Å². The van der Waals surface area contributed by atoms with Crippen LogP contribution in [0.4, 0.5) is 0 Å². The number of hydrazone groups is 1. The first-order valence-corrected chi connectivity index (χ1v) is 16.8. The van der Waals surface area contributed by atoms with Crippen molar-refractivity contribution in [1.29, 1.82) is 0 Å². The molecule has 2 amide bonds. The second kappa shape index (κ2) is 18.4. The van der Waals surface area contributed by atoms with Gasteiger partial charge in [0.1, 0.15) is 18.4 Å². The van der Waals surface area contributed by atoms with Gasteiger partial charge in [0, 0.05) is 33.0 Å². The maximum absolute atomic E-state index is 13.6. The Kier molecular flexibility index (Phi) is 14.3. The SMILES string of the molecule is CC(=O)O.COC(=O)[C@@H](Cc1ccccc1)NC(=O)[C@H](CC(=O)NC[C@@H]1CCCN(C=NN)C1)NS(=O)(=O)c1ccc2ccccc2c1. The van der Waals surface area contributed by atoms with E-state index in [1.165, 1.54) is 19.2 Å². The average molecular weight is 683 g/mol. The van der Waals surface area contributed by atoms with Crippen molar-refractivity contribution in [1.82, 2.24) is 20.3 Å². The molecule has 0 saturated carbocycles. The van der Waals surface area contributed by atoms with Crippen molar-refractivity contribution in [3.8, 4) is 0 Å². The number of carbonyl (C=O) groups excluding carboxylic acids is 3. The fourth-order valence-corrected chi connectivity index (χ4v) is 6.44. The highest BCUT2D eigenvalue weighted by molar-refractivity contribution is 7.89. The summed E-state index contributed by atoms with van der Waals surface area (Å²) in [5, 5.41) is 18.0. The number of methoxy groups -OCH3 is 1. The Labute approximate surface area is 279 Å². The number of benzene rings is 3. The van der Waals surface area contributed by atoms with Crippen molar-refractivity contribution in [3.05, 3.63) is 78.4 Å². The maximum atomic E-state index is 13.6. The Morgan fingerprint density at radius 3 is 2.38 bits per heavy atom. The number of esters is 1. The van der Waals surface area contributed by atoms with Crippen molar-refractivity contribution in [2.45, 2.75) is 49.6 Å². The second-order valence-electron chi connectivity index (χ2n) is 11.3. The predicted octanol–water partition coefficient (Wildman–Crippen LogP) is 1.60. The number of nitrogens with zero attached hydrogens (tertiary/aromatic N) is 2. The molecule has 0 unspecified atom stereocenters. The highest BCUT2D eigenvalue weighted by atomic mass is 32.2. The van der Waals surface area contributed by atoms with E-state index in [1.807, 2.05) is 23.1 Å². The molecule has 4 rings (SSSR count). The molecule has 1 aliphatic rings. The van der Waals surface area contributed by atoms with Crippen LogP contribution < -0.4 is 21.2 Å². The van der Waals surface area contributed by atoms with Crippen molar-refractivity contribution >= 4 is 50.9 Å². The number of ether oxygens (including phenoxy) is 1. The molecule has 48 heavy (non-hydrogen) atoms. The zero-order valence-corrected chi connectivity index (χ0v) is 27.7. The molecule has 1 aliphatic heterocycles. The highest BCUT2D eigenvalue weighted by Crippen LogP contribution is 2.20. The van der Waals surface area contributed by atoms with Crippen LogP contribution in [0.15, 0.2) is 82.8 Å². The monoisotopic (exact) mass is 682 g/mol. The van der Waals surface area contributed by atoms with Crippen LogP contribution in [0.25, 0.3) is 10.8 Å². The first kappa shape index (κ1) is 37.4. The van der Waals surface area contributed by atoms with Crippen molar-refractivity contribution in [2.75, 3.05) is 26.7 Å². The minimum Gasteiger partial charge on any atom is -0.481 e. The van der Waals surface area contributed by atoms with Gasteiger partial charge in [-0.3, -0.25) is 14.4 Å². The van der Waals surface area contributed by atoms with Crippen molar-refractivity contribution in [3.63, 3.8) is 0 Å². The number of carboxylic acids is 1. The van der Waals surface area contributed by atoms with Crippen molar-refractivity contribution < 1.29 is 37.4 Å². The first-order valence-electron chi connectivity index (χ1n) is 15.3. The number of sulfonamides is 1. The van der Waals surface area contributed by atoms with E-state index in [0.717, 1.165) is 37.3 Å². The van der Waals surface area contributed by atoms with Gasteiger partial charge in [-0.05, 0) is 47.2 Å². The number of likely N-dealkylation sites (tertiary alicyclic amines) is 1. The van der Waals surface area contributed by atoms with E-state index in [1.54, 1.807) is 48.8 Å². The normalized spacial score (nSPS) is 15.9. The lowest BCUT2D eigenvalue weighted by atomic mass is 9.98. The van der Waals surface area contributed by atoms with E-state index >= 15 is 0 Å². The van der Waals surface area contributed by atoms with Crippen LogP contribution in [0.5, 0.6) is 0 Å². The molecule has 258 valence electrons. The molecule has 0 aromatic heterocycles. The summed E-state index contributed by atoms with van der Waals surface area (Å²) in [4.78, 5) is 50.2. The van der Waals surface area contributed by atoms with E-state index in [4.69, 9.17) is 20.5 Å². The zero-order valence-electron chi connectivity index (χ0n) is 26.9. The van der Waals surface area contributed by atoms with Gasteiger partial charge in [-0.2, -0.15) is 9.82 Å². The summed E-state index contributed by atoms with van der Waals surface area (Å²) < 4.78 is 34.3. The molecule has 0 aliphatic carbocycles. The summed E-state index contributed by atoms with van der Waals surface area (Å²) in [5.74, 6) is 2.51. The van der Waals surface area contributed by atoms with Gasteiger partial charge in [0.15, 0.2) is 0 Å². The first-order chi connectivity index (χ1) is 22.9. The van der Waals surface area contributed by atoms with Crippen LogP contribution in [0.2, 0.25) is 0 Å². The van der Waals surface area contributed by atoms with E-state index < -0.39 is 52.3 Å². The molecule has 0 bridgehead atoms. The summed E-state index contributed by atoms with van der Waals surface area (Å²) in [6, 6.07) is 18.3. The molecule has 0 spiro atoms. The minimum atomic E-state index is -4.25. The number of amides is 2. The molecule has 0 radical (unpaired) electrons. The van der Waals surface area contributed by atoms with Gasteiger partial charge in [-0.25, -0.2) is 13.2 Å². The fraction of sp³-hybridized carbons (Fsp3) is 0.364. The maximum Gasteiger partial charge on any atom is 0.328 e. The Bertz CT molecular complexity index is 1680. The molecule has 6 N–H and O–H groups in total. The molecular formula is C33H42N6O8S. The molecule has 14 nitrogen and oxygen atoms in total. The van der Waals surface area contributed by atoms with Gasteiger partial charge < -0.3 is 31.2 Å². The summed E-state index contributed by atoms with van der Waals surface area (Å²) in [5.41, 5.74) is 0.760. The predicted molar refractivity (Wildman–Crippen MR) is 180 cm³/mol. The van der Waals surface area contributed by atoms with Crippen LogP contribution in [-0.4, -0.2) is 87.3 Å². The number of hydrogen-bond acceptors (Lipinski definition) is 9. The van der Waals surface area contributed by atoms with Gasteiger partial charge in [0.05, 0.1) is 18.4 Å². The molecule has 1 fully saturated rings. The second-order valence-corrected chi connectivity index (χ2v) is 13.0. The van der Waals surface area contributed by atoms with Crippen LogP contribution in [0, 0.1) is 5.92 Å². The van der Waals surface area contributed by atoms with Gasteiger partial charge in [0.2, 0.25) is 21.8 Å². The van der Waals surface area contributed by atoms with E-state index in [9.17, 15) is 22.8 Å². The average Bonchev–Trinajstić information content (AvgIpc) is 3.06. The number of piperidine rings is 1. The fourth-order valence-electron chi connectivity index (χ4n) is 5.21. The highest BCUT2D eigenvalue weighted by Gasteiger charge is 2.32. The quantitative estimate of drug-likeness (QED) is 0.0578. The number of nitrogens with one attached hydrogen (secondary N) is 3. The van der Waals surface area contributed by atoms with Gasteiger partial charge in [0.25, 0.3) is 5.97 Å². The molecule has 3 aromatic carbocycles. The molecule has 3 aromatic rings. The molecule has 1 saturated heterocycles. The lowest BCUT2D eigenvalue weighted by Gasteiger charge is -2.31. The third-order valence-corrected chi connectivity index (χ3v) is 8.96. The number of aliphatic carboxylic acids is 1. The number of fused-ring (bicyclic) bond motifs is 1. The lowest BCUT2D eigenvalue weighted by Crippen LogP contribution is -2.54. The topological polar surface area (TPSA) is 210 Å². The summed E-state index contributed by atoms with van der Waals surface area (Å²) in [6.45, 7) is 2.88. The largest absolute Gasteiger partial charge is 0.481 e. The van der Waals surface area contributed by atoms with E-state index in [2.05, 4.69) is 20.5 Å². The van der Waals surface area contributed by atoms with Gasteiger partial charge >= 0.3 is 5.97 Å².